The van der Waals surface area contributed by atoms with Crippen molar-refractivity contribution in [3.63, 3.8) is 0 Å². The molecule has 7 heteroatoms. The molecule has 2 aromatic carbocycles. The molecule has 1 aromatic heterocycles. The Morgan fingerprint density at radius 3 is 2.38 bits per heavy atom. The summed E-state index contributed by atoms with van der Waals surface area (Å²) in [4.78, 5) is 20.4. The Labute approximate surface area is 155 Å². The molecule has 0 bridgehead atoms. The molecule has 26 heavy (non-hydrogen) atoms. The number of halogens is 2. The molecule has 0 unspecified atom stereocenters. The second-order valence-corrected chi connectivity index (χ2v) is 5.96. The van der Waals surface area contributed by atoms with Crippen LogP contribution in [0.1, 0.15) is 21.5 Å². The number of carbonyl (C=O) groups is 1. The van der Waals surface area contributed by atoms with Crippen LogP contribution >= 0.6 is 11.6 Å². The molecule has 0 fully saturated rings. The number of amides is 1. The third-order valence-corrected chi connectivity index (χ3v) is 4.04. The van der Waals surface area contributed by atoms with Crippen LogP contribution in [-0.4, -0.2) is 15.9 Å². The Kier molecular flexibility index (Phi) is 5.76. The zero-order valence-corrected chi connectivity index (χ0v) is 14.5. The Morgan fingerprint density at radius 2 is 1.69 bits per heavy atom. The zero-order chi connectivity index (χ0) is 18.4. The molecule has 5 nitrogen and oxygen atoms in total. The van der Waals surface area contributed by atoms with Crippen LogP contribution in [0.25, 0.3) is 0 Å². The van der Waals surface area contributed by atoms with Crippen molar-refractivity contribution in [1.82, 2.24) is 15.3 Å². The summed E-state index contributed by atoms with van der Waals surface area (Å²) < 4.78 is 12.9. The number of anilines is 1. The smallest absolute Gasteiger partial charge is 0.254 e. The molecule has 0 spiro atoms. The molecule has 0 aliphatic heterocycles. The highest BCUT2D eigenvalue weighted by Crippen LogP contribution is 2.14. The minimum Gasteiger partial charge on any atom is -0.350 e. The van der Waals surface area contributed by atoms with E-state index in [0.29, 0.717) is 29.6 Å². The summed E-state index contributed by atoms with van der Waals surface area (Å²) in [5, 5.41) is 6.40. The van der Waals surface area contributed by atoms with Crippen molar-refractivity contribution in [2.45, 2.75) is 13.1 Å². The van der Waals surface area contributed by atoms with E-state index in [4.69, 9.17) is 11.6 Å². The number of rotatable bonds is 6. The topological polar surface area (TPSA) is 66.9 Å². The van der Waals surface area contributed by atoms with E-state index in [1.807, 2.05) is 18.2 Å². The summed E-state index contributed by atoms with van der Waals surface area (Å²) in [6.07, 6.45) is 2.89. The third-order valence-electron chi connectivity index (χ3n) is 3.68. The van der Waals surface area contributed by atoms with Crippen LogP contribution in [-0.2, 0) is 13.1 Å². The van der Waals surface area contributed by atoms with Crippen molar-refractivity contribution in [3.05, 3.63) is 88.5 Å². The van der Waals surface area contributed by atoms with Crippen molar-refractivity contribution in [2.24, 2.45) is 0 Å². The lowest BCUT2D eigenvalue weighted by atomic mass is 10.2. The fourth-order valence-electron chi connectivity index (χ4n) is 2.24. The summed E-state index contributed by atoms with van der Waals surface area (Å²) in [5.74, 6) is -0.177. The minimum atomic E-state index is -0.282. The molecule has 2 N–H and O–H groups in total. The lowest BCUT2D eigenvalue weighted by molar-refractivity contribution is 0.0950. The van der Waals surface area contributed by atoms with Gasteiger partial charge in [0.15, 0.2) is 0 Å². The quantitative estimate of drug-likeness (QED) is 0.692. The van der Waals surface area contributed by atoms with Crippen molar-refractivity contribution in [1.29, 1.82) is 0 Å². The molecule has 1 heterocycles. The maximum Gasteiger partial charge on any atom is 0.254 e. The average Bonchev–Trinajstić information content (AvgIpc) is 2.67. The molecule has 1 amide bonds. The van der Waals surface area contributed by atoms with E-state index in [1.54, 1.807) is 18.2 Å². The first-order valence-corrected chi connectivity index (χ1v) is 8.31. The lowest BCUT2D eigenvalue weighted by Crippen LogP contribution is -2.23. The van der Waals surface area contributed by atoms with E-state index in [0.717, 1.165) is 11.1 Å². The second kappa shape index (κ2) is 8.40. The van der Waals surface area contributed by atoms with Gasteiger partial charge in [-0.05, 0) is 29.3 Å². The van der Waals surface area contributed by atoms with Gasteiger partial charge in [-0.1, -0.05) is 41.9 Å². The van der Waals surface area contributed by atoms with E-state index < -0.39 is 0 Å². The first kappa shape index (κ1) is 17.8. The SMILES string of the molecule is O=C(NCc1ccccc1Cl)c1cnc(NCc2ccc(F)cc2)nc1. The number of carbonyl (C=O) groups excluding carboxylic acids is 1. The molecule has 0 saturated carbocycles. The fourth-order valence-corrected chi connectivity index (χ4v) is 2.44. The average molecular weight is 371 g/mol. The first-order chi connectivity index (χ1) is 12.6. The number of nitrogens with zero attached hydrogens (tertiary/aromatic N) is 2. The molecular formula is C19H16ClFN4O. The highest BCUT2D eigenvalue weighted by atomic mass is 35.5. The summed E-state index contributed by atoms with van der Waals surface area (Å²) in [5.41, 5.74) is 2.09. The van der Waals surface area contributed by atoms with Gasteiger partial charge in [0.05, 0.1) is 5.56 Å². The lowest BCUT2D eigenvalue weighted by Gasteiger charge is -2.08. The Hall–Kier alpha value is -2.99. The molecular weight excluding hydrogens is 355 g/mol. The van der Waals surface area contributed by atoms with Crippen LogP contribution in [0.3, 0.4) is 0 Å². The highest BCUT2D eigenvalue weighted by Gasteiger charge is 2.08. The van der Waals surface area contributed by atoms with Gasteiger partial charge in [-0.25, -0.2) is 14.4 Å². The molecule has 132 valence electrons. The van der Waals surface area contributed by atoms with Crippen molar-refractivity contribution >= 4 is 23.5 Å². The molecule has 3 rings (SSSR count). The van der Waals surface area contributed by atoms with Crippen LogP contribution in [0.5, 0.6) is 0 Å². The predicted octanol–water partition coefficient (Wildman–Crippen LogP) is 3.81. The Balaban J connectivity index is 1.54. The Bertz CT molecular complexity index is 885. The van der Waals surface area contributed by atoms with Crippen LogP contribution in [0, 0.1) is 5.82 Å². The fraction of sp³-hybridized carbons (Fsp3) is 0.105. The van der Waals surface area contributed by atoms with Gasteiger partial charge >= 0.3 is 0 Å². The molecule has 0 aliphatic carbocycles. The summed E-state index contributed by atoms with van der Waals surface area (Å²) >= 11 is 6.06. The van der Waals surface area contributed by atoms with Crippen LogP contribution < -0.4 is 10.6 Å². The number of benzene rings is 2. The zero-order valence-electron chi connectivity index (χ0n) is 13.7. The van der Waals surface area contributed by atoms with Crippen LogP contribution in [0.2, 0.25) is 5.02 Å². The van der Waals surface area contributed by atoms with Crippen LogP contribution in [0.15, 0.2) is 60.9 Å². The van der Waals surface area contributed by atoms with E-state index in [1.165, 1.54) is 24.5 Å². The standard InChI is InChI=1S/C19H16ClFN4O/c20-17-4-2-1-3-14(17)10-22-18(26)15-11-24-19(25-12-15)23-9-13-5-7-16(21)8-6-13/h1-8,11-12H,9-10H2,(H,22,26)(H,23,24,25). The molecule has 0 aliphatic rings. The number of nitrogens with one attached hydrogen (secondary N) is 2. The molecule has 3 aromatic rings. The van der Waals surface area contributed by atoms with Gasteiger partial charge in [0.1, 0.15) is 5.82 Å². The van der Waals surface area contributed by atoms with Gasteiger partial charge in [-0.3, -0.25) is 4.79 Å². The number of aromatic nitrogens is 2. The van der Waals surface area contributed by atoms with Crippen molar-refractivity contribution in [2.75, 3.05) is 5.32 Å². The molecule has 0 radical (unpaired) electrons. The van der Waals surface area contributed by atoms with Gasteiger partial charge in [-0.15, -0.1) is 0 Å². The van der Waals surface area contributed by atoms with Crippen molar-refractivity contribution in [3.8, 4) is 0 Å². The third kappa shape index (κ3) is 4.77. The molecule has 0 atom stereocenters. The van der Waals surface area contributed by atoms with Crippen molar-refractivity contribution < 1.29 is 9.18 Å². The number of hydrogen-bond acceptors (Lipinski definition) is 4. The summed E-state index contributed by atoms with van der Waals surface area (Å²) in [6.45, 7) is 0.779. The summed E-state index contributed by atoms with van der Waals surface area (Å²) in [7, 11) is 0. The maximum absolute atomic E-state index is 12.9. The largest absolute Gasteiger partial charge is 0.350 e. The van der Waals surface area contributed by atoms with E-state index >= 15 is 0 Å². The normalized spacial score (nSPS) is 10.4. The van der Waals surface area contributed by atoms with E-state index in [9.17, 15) is 9.18 Å². The maximum atomic E-state index is 12.9. The first-order valence-electron chi connectivity index (χ1n) is 7.94. The van der Waals surface area contributed by atoms with E-state index in [2.05, 4.69) is 20.6 Å². The van der Waals surface area contributed by atoms with Gasteiger partial charge in [0.2, 0.25) is 5.95 Å². The van der Waals surface area contributed by atoms with Gasteiger partial charge in [0.25, 0.3) is 5.91 Å². The van der Waals surface area contributed by atoms with Crippen LogP contribution in [0.4, 0.5) is 10.3 Å². The van der Waals surface area contributed by atoms with Gasteiger partial charge < -0.3 is 10.6 Å². The second-order valence-electron chi connectivity index (χ2n) is 5.55. The Morgan fingerprint density at radius 1 is 1.00 bits per heavy atom. The highest BCUT2D eigenvalue weighted by molar-refractivity contribution is 6.31. The van der Waals surface area contributed by atoms with Gasteiger partial charge in [0, 0.05) is 30.5 Å². The van der Waals surface area contributed by atoms with Gasteiger partial charge in [-0.2, -0.15) is 0 Å². The summed E-state index contributed by atoms with van der Waals surface area (Å²) in [6, 6.07) is 13.5. The number of hydrogen-bond donors (Lipinski definition) is 2. The predicted molar refractivity (Wildman–Crippen MR) is 98.4 cm³/mol. The molecule has 0 saturated heterocycles. The monoisotopic (exact) mass is 370 g/mol. The van der Waals surface area contributed by atoms with E-state index in [-0.39, 0.29) is 11.7 Å². The minimum absolute atomic E-state index is 0.280.